The number of alkyl halides is 3. The first-order valence-corrected chi connectivity index (χ1v) is 3.45. The summed E-state index contributed by atoms with van der Waals surface area (Å²) in [7, 11) is 0. The van der Waals surface area contributed by atoms with Gasteiger partial charge in [0.25, 0.3) is 0 Å². The first-order chi connectivity index (χ1) is 5.95. The van der Waals surface area contributed by atoms with Gasteiger partial charge in [0.15, 0.2) is 0 Å². The molecule has 1 N–H and O–H groups in total. The van der Waals surface area contributed by atoms with Gasteiger partial charge in [-0.1, -0.05) is 0 Å². The molecule has 0 amide bonds. The van der Waals surface area contributed by atoms with E-state index in [9.17, 15) is 17.6 Å². The van der Waals surface area contributed by atoms with Crippen molar-refractivity contribution < 1.29 is 17.6 Å². The van der Waals surface area contributed by atoms with Crippen molar-refractivity contribution in [3.8, 4) is 0 Å². The Balaban J connectivity index is 3.22. The van der Waals surface area contributed by atoms with E-state index in [1.165, 1.54) is 0 Å². The maximum atomic E-state index is 12.5. The fourth-order valence-electron chi connectivity index (χ4n) is 0.985. The summed E-state index contributed by atoms with van der Waals surface area (Å²) in [4.78, 5) is 0. The van der Waals surface area contributed by atoms with E-state index in [-0.39, 0.29) is 5.56 Å². The molecule has 1 rings (SSSR count). The molecule has 0 heterocycles. The highest BCUT2D eigenvalue weighted by atomic mass is 19.4. The molecule has 0 aliphatic rings. The van der Waals surface area contributed by atoms with Gasteiger partial charge in [-0.3, -0.25) is 5.73 Å². The maximum absolute atomic E-state index is 12.5. The van der Waals surface area contributed by atoms with Crippen molar-refractivity contribution >= 4 is 0 Å². The van der Waals surface area contributed by atoms with Crippen molar-refractivity contribution in [3.05, 3.63) is 35.1 Å². The van der Waals surface area contributed by atoms with E-state index in [1.807, 2.05) is 0 Å². The van der Waals surface area contributed by atoms with Gasteiger partial charge in [0.1, 0.15) is 5.82 Å². The van der Waals surface area contributed by atoms with Crippen molar-refractivity contribution in [2.75, 3.05) is 0 Å². The Bertz CT molecular complexity index is 306. The predicted molar refractivity (Wildman–Crippen MR) is 38.2 cm³/mol. The molecule has 1 nitrogen and oxygen atoms in total. The van der Waals surface area contributed by atoms with Gasteiger partial charge in [-0.05, 0) is 23.8 Å². The summed E-state index contributed by atoms with van der Waals surface area (Å²) < 4.78 is 49.0. The van der Waals surface area contributed by atoms with Crippen LogP contribution in [0.5, 0.6) is 0 Å². The van der Waals surface area contributed by atoms with Gasteiger partial charge >= 0.3 is 6.18 Å². The highest BCUT2D eigenvalue weighted by Crippen LogP contribution is 2.32. The van der Waals surface area contributed by atoms with Crippen LogP contribution in [0.25, 0.3) is 0 Å². The number of nitrogens with one attached hydrogen (secondary N) is 1. The Hall–Kier alpha value is -1.10. The second-order valence-electron chi connectivity index (χ2n) is 2.48. The summed E-state index contributed by atoms with van der Waals surface area (Å²) >= 11 is 0. The molecule has 71 valence electrons. The Kier molecular flexibility index (Phi) is 2.56. The zero-order chi connectivity index (χ0) is 10.1. The van der Waals surface area contributed by atoms with E-state index in [2.05, 4.69) is 0 Å². The third-order valence-corrected chi connectivity index (χ3v) is 1.56. The van der Waals surface area contributed by atoms with Gasteiger partial charge in [0, 0.05) is 6.54 Å². The molecule has 13 heavy (non-hydrogen) atoms. The average molecular weight is 192 g/mol. The predicted octanol–water partition coefficient (Wildman–Crippen LogP) is 2.63. The molecule has 0 fully saturated rings. The number of halogens is 4. The minimum absolute atomic E-state index is 0.340. The smallest absolute Gasteiger partial charge is 0.253 e. The number of hydrogen-bond donors (Lipinski definition) is 0. The van der Waals surface area contributed by atoms with Crippen LogP contribution in [-0.4, -0.2) is 0 Å². The molecule has 0 aromatic heterocycles. The lowest BCUT2D eigenvalue weighted by atomic mass is 10.1. The van der Waals surface area contributed by atoms with Crippen molar-refractivity contribution in [1.29, 1.82) is 0 Å². The molecular weight excluding hydrogens is 186 g/mol. The van der Waals surface area contributed by atoms with Gasteiger partial charge in [0.2, 0.25) is 0 Å². The quantitative estimate of drug-likeness (QED) is 0.611. The third kappa shape index (κ3) is 2.18. The summed E-state index contributed by atoms with van der Waals surface area (Å²) in [6, 6.07) is 2.12. The van der Waals surface area contributed by atoms with Crippen LogP contribution in [0.15, 0.2) is 18.2 Å². The second kappa shape index (κ2) is 3.33. The molecule has 0 saturated heterocycles. The van der Waals surface area contributed by atoms with Gasteiger partial charge in [-0.25, -0.2) is 4.39 Å². The average Bonchev–Trinajstić information content (AvgIpc) is 2.01. The molecule has 1 aromatic rings. The van der Waals surface area contributed by atoms with Gasteiger partial charge in [0.05, 0.1) is 5.56 Å². The van der Waals surface area contributed by atoms with E-state index in [1.54, 1.807) is 0 Å². The van der Waals surface area contributed by atoms with Crippen molar-refractivity contribution in [3.63, 3.8) is 0 Å². The molecule has 0 saturated carbocycles. The van der Waals surface area contributed by atoms with E-state index in [0.717, 1.165) is 12.1 Å². The fraction of sp³-hybridized carbons (Fsp3) is 0.250. The standard InChI is InChI=1S/C8H6F4N/c9-6-1-2-7(8(10,11)12)5(3-6)4-13/h1-3,13H,4H2. The SMILES string of the molecule is [NH]Cc1cc(F)ccc1C(F)(F)F. The molecule has 0 unspecified atom stereocenters. The van der Waals surface area contributed by atoms with Crippen LogP contribution < -0.4 is 5.73 Å². The topological polar surface area (TPSA) is 23.8 Å². The summed E-state index contributed by atoms with van der Waals surface area (Å²) in [5.41, 5.74) is 5.51. The summed E-state index contributed by atoms with van der Waals surface area (Å²) in [5.74, 6) is -0.754. The number of benzene rings is 1. The maximum Gasteiger partial charge on any atom is 0.416 e. The van der Waals surface area contributed by atoms with E-state index >= 15 is 0 Å². The molecule has 0 aliphatic carbocycles. The Morgan fingerprint density at radius 3 is 2.31 bits per heavy atom. The van der Waals surface area contributed by atoms with Crippen molar-refractivity contribution in [1.82, 2.24) is 5.73 Å². The zero-order valence-electron chi connectivity index (χ0n) is 6.45. The minimum Gasteiger partial charge on any atom is -0.253 e. The Labute approximate surface area is 72.2 Å². The van der Waals surface area contributed by atoms with E-state index in [4.69, 9.17) is 5.73 Å². The van der Waals surface area contributed by atoms with Gasteiger partial charge < -0.3 is 0 Å². The Morgan fingerprint density at radius 1 is 1.23 bits per heavy atom. The minimum atomic E-state index is -4.51. The number of rotatable bonds is 1. The highest BCUT2D eigenvalue weighted by molar-refractivity contribution is 5.30. The lowest BCUT2D eigenvalue weighted by Gasteiger charge is -2.10. The summed E-state index contributed by atoms with van der Waals surface area (Å²) in [5, 5.41) is 0. The molecule has 1 aromatic carbocycles. The molecule has 5 heteroatoms. The monoisotopic (exact) mass is 192 g/mol. The zero-order valence-corrected chi connectivity index (χ0v) is 6.45. The summed E-state index contributed by atoms with van der Waals surface area (Å²) in [6.07, 6.45) is -4.51. The van der Waals surface area contributed by atoms with Crippen LogP contribution in [0.1, 0.15) is 11.1 Å². The van der Waals surface area contributed by atoms with Crippen molar-refractivity contribution in [2.45, 2.75) is 12.7 Å². The molecule has 1 radical (unpaired) electrons. The van der Waals surface area contributed by atoms with Gasteiger partial charge in [-0.2, -0.15) is 13.2 Å². The number of hydrogen-bond acceptors (Lipinski definition) is 0. The third-order valence-electron chi connectivity index (χ3n) is 1.56. The van der Waals surface area contributed by atoms with Crippen LogP contribution in [0.4, 0.5) is 17.6 Å². The van der Waals surface area contributed by atoms with E-state index < -0.39 is 24.1 Å². The second-order valence-corrected chi connectivity index (χ2v) is 2.48. The van der Waals surface area contributed by atoms with E-state index in [0.29, 0.717) is 6.07 Å². The van der Waals surface area contributed by atoms with Crippen LogP contribution in [0.3, 0.4) is 0 Å². The molecular formula is C8H6F4N. The Morgan fingerprint density at radius 2 is 1.85 bits per heavy atom. The molecule has 0 spiro atoms. The lowest BCUT2D eigenvalue weighted by molar-refractivity contribution is -0.138. The fourth-order valence-corrected chi connectivity index (χ4v) is 0.985. The first-order valence-electron chi connectivity index (χ1n) is 3.45. The van der Waals surface area contributed by atoms with Gasteiger partial charge in [-0.15, -0.1) is 0 Å². The first kappa shape index (κ1) is 9.98. The normalized spacial score (nSPS) is 11.8. The van der Waals surface area contributed by atoms with Crippen molar-refractivity contribution in [2.24, 2.45) is 0 Å². The lowest BCUT2D eigenvalue weighted by Crippen LogP contribution is -2.09. The van der Waals surface area contributed by atoms with Crippen LogP contribution in [0, 0.1) is 5.82 Å². The van der Waals surface area contributed by atoms with Crippen LogP contribution >= 0.6 is 0 Å². The molecule has 0 atom stereocenters. The molecule has 0 aliphatic heterocycles. The largest absolute Gasteiger partial charge is 0.416 e. The highest BCUT2D eigenvalue weighted by Gasteiger charge is 2.32. The molecule has 0 bridgehead atoms. The summed E-state index contributed by atoms with van der Waals surface area (Å²) in [6.45, 7) is -0.577. The van der Waals surface area contributed by atoms with Crippen LogP contribution in [-0.2, 0) is 12.7 Å². The van der Waals surface area contributed by atoms with Crippen LogP contribution in [0.2, 0.25) is 0 Å².